The van der Waals surface area contributed by atoms with Gasteiger partial charge in [0.05, 0.1) is 12.8 Å². The predicted octanol–water partition coefficient (Wildman–Crippen LogP) is 3.35. The maximum atomic E-state index is 12.9. The van der Waals surface area contributed by atoms with Gasteiger partial charge in [0.2, 0.25) is 0 Å². The smallest absolute Gasteiger partial charge is 0.265 e. The lowest BCUT2D eigenvalue weighted by atomic mass is 10.2. The number of benzene rings is 2. The van der Waals surface area contributed by atoms with E-state index in [4.69, 9.17) is 4.74 Å². The summed E-state index contributed by atoms with van der Waals surface area (Å²) in [7, 11) is -2.45. The fraction of sp³-hybridized carbons (Fsp3) is 0.125. The number of hydrogen-bond donors (Lipinski definition) is 2. The van der Waals surface area contributed by atoms with Crippen molar-refractivity contribution in [3.8, 4) is 17.1 Å². The Balaban J connectivity index is 2.04. The summed E-state index contributed by atoms with van der Waals surface area (Å²) in [6.07, 6.45) is 0. The van der Waals surface area contributed by atoms with E-state index in [-0.39, 0.29) is 10.6 Å². The van der Waals surface area contributed by atoms with Crippen LogP contribution >= 0.6 is 15.9 Å². The molecule has 25 heavy (non-hydrogen) atoms. The van der Waals surface area contributed by atoms with Gasteiger partial charge < -0.3 is 4.74 Å². The number of nitrogens with one attached hydrogen (secondary N) is 2. The summed E-state index contributed by atoms with van der Waals surface area (Å²) >= 11 is 3.29. The van der Waals surface area contributed by atoms with E-state index in [1.807, 2.05) is 0 Å². The number of anilines is 1. The summed E-state index contributed by atoms with van der Waals surface area (Å²) in [5.41, 5.74) is 0.952. The van der Waals surface area contributed by atoms with Crippen molar-refractivity contribution in [1.29, 1.82) is 0 Å². The minimum Gasteiger partial charge on any atom is -0.495 e. The van der Waals surface area contributed by atoms with Gasteiger partial charge in [-0.05, 0) is 37.3 Å². The van der Waals surface area contributed by atoms with Gasteiger partial charge in [0.1, 0.15) is 16.5 Å². The number of aromatic nitrogens is 3. The first kappa shape index (κ1) is 17.4. The second kappa shape index (κ2) is 6.85. The maximum Gasteiger partial charge on any atom is 0.265 e. The van der Waals surface area contributed by atoms with E-state index in [1.54, 1.807) is 43.3 Å². The quantitative estimate of drug-likeness (QED) is 0.656. The van der Waals surface area contributed by atoms with Crippen LogP contribution in [0.5, 0.6) is 5.75 Å². The number of methoxy groups -OCH3 is 1. The molecule has 0 amide bonds. The molecule has 0 aliphatic heterocycles. The van der Waals surface area contributed by atoms with E-state index in [2.05, 4.69) is 35.8 Å². The van der Waals surface area contributed by atoms with Crippen LogP contribution in [0.15, 0.2) is 51.8 Å². The molecule has 0 fully saturated rings. The molecule has 0 unspecified atom stereocenters. The van der Waals surface area contributed by atoms with E-state index < -0.39 is 10.0 Å². The minimum absolute atomic E-state index is 0.0327. The van der Waals surface area contributed by atoms with E-state index in [9.17, 15) is 8.42 Å². The summed E-state index contributed by atoms with van der Waals surface area (Å²) < 4.78 is 34.1. The van der Waals surface area contributed by atoms with Gasteiger partial charge in [-0.3, -0.25) is 9.82 Å². The topological polar surface area (TPSA) is 97.0 Å². The minimum atomic E-state index is -3.87. The van der Waals surface area contributed by atoms with Crippen LogP contribution in [0.4, 0.5) is 5.69 Å². The van der Waals surface area contributed by atoms with Gasteiger partial charge in [0.15, 0.2) is 5.82 Å². The van der Waals surface area contributed by atoms with E-state index in [0.717, 1.165) is 0 Å². The molecule has 9 heteroatoms. The van der Waals surface area contributed by atoms with Gasteiger partial charge >= 0.3 is 0 Å². The summed E-state index contributed by atoms with van der Waals surface area (Å²) in [6, 6.07) is 11.7. The van der Waals surface area contributed by atoms with E-state index >= 15 is 0 Å². The SMILES string of the molecule is COc1ccc(Br)cc1S(=O)(=O)Nc1ccccc1-c1n[nH]c(C)n1. The lowest BCUT2D eigenvalue weighted by molar-refractivity contribution is 0.403. The van der Waals surface area contributed by atoms with Gasteiger partial charge in [-0.1, -0.05) is 28.1 Å². The van der Waals surface area contributed by atoms with Gasteiger partial charge in [-0.15, -0.1) is 0 Å². The Kier molecular flexibility index (Phi) is 4.78. The Morgan fingerprint density at radius 3 is 2.64 bits per heavy atom. The van der Waals surface area contributed by atoms with E-state index in [1.165, 1.54) is 13.2 Å². The highest BCUT2D eigenvalue weighted by molar-refractivity contribution is 9.10. The van der Waals surface area contributed by atoms with Crippen LogP contribution in [0.2, 0.25) is 0 Å². The van der Waals surface area contributed by atoms with Crippen molar-refractivity contribution in [1.82, 2.24) is 15.2 Å². The number of halogens is 1. The molecule has 2 aromatic carbocycles. The molecule has 0 aliphatic rings. The molecule has 0 saturated carbocycles. The predicted molar refractivity (Wildman–Crippen MR) is 98.1 cm³/mol. The molecular weight excluding hydrogens is 408 g/mol. The van der Waals surface area contributed by atoms with Crippen molar-refractivity contribution in [2.45, 2.75) is 11.8 Å². The molecule has 1 heterocycles. The zero-order valence-corrected chi connectivity index (χ0v) is 15.8. The fourth-order valence-electron chi connectivity index (χ4n) is 2.29. The average Bonchev–Trinajstić information content (AvgIpc) is 3.01. The molecule has 2 N–H and O–H groups in total. The van der Waals surface area contributed by atoms with Crippen molar-refractivity contribution >= 4 is 31.6 Å². The van der Waals surface area contributed by atoms with Crippen molar-refractivity contribution < 1.29 is 13.2 Å². The van der Waals surface area contributed by atoms with E-state index in [0.29, 0.717) is 27.4 Å². The van der Waals surface area contributed by atoms with Crippen LogP contribution in [-0.2, 0) is 10.0 Å². The van der Waals surface area contributed by atoms with Crippen molar-refractivity contribution in [2.75, 3.05) is 11.8 Å². The van der Waals surface area contributed by atoms with Crippen LogP contribution < -0.4 is 9.46 Å². The number of para-hydroxylation sites is 1. The normalized spacial score (nSPS) is 11.3. The second-order valence-corrected chi connectivity index (χ2v) is 7.76. The summed E-state index contributed by atoms with van der Waals surface area (Å²) in [5, 5.41) is 6.84. The Labute approximate surface area is 153 Å². The molecule has 1 aromatic heterocycles. The van der Waals surface area contributed by atoms with Crippen LogP contribution in [0.25, 0.3) is 11.4 Å². The number of sulfonamides is 1. The number of nitrogens with zero attached hydrogens (tertiary/aromatic N) is 2. The Morgan fingerprint density at radius 1 is 1.20 bits per heavy atom. The summed E-state index contributed by atoms with van der Waals surface area (Å²) in [6.45, 7) is 1.77. The first-order chi connectivity index (χ1) is 11.9. The van der Waals surface area contributed by atoms with Gasteiger partial charge in [-0.2, -0.15) is 5.10 Å². The van der Waals surface area contributed by atoms with Gasteiger partial charge in [-0.25, -0.2) is 13.4 Å². The van der Waals surface area contributed by atoms with Crippen molar-refractivity contribution in [3.63, 3.8) is 0 Å². The first-order valence-electron chi connectivity index (χ1n) is 7.25. The third-order valence-electron chi connectivity index (χ3n) is 3.42. The standard InChI is InChI=1S/C16H15BrN4O3S/c1-10-18-16(20-19-10)12-5-3-4-6-13(12)21-25(22,23)15-9-11(17)7-8-14(15)24-2/h3-9,21H,1-2H3,(H,18,19,20). The van der Waals surface area contributed by atoms with Crippen LogP contribution in [0, 0.1) is 6.92 Å². The van der Waals surface area contributed by atoms with Crippen LogP contribution in [0.3, 0.4) is 0 Å². The second-order valence-electron chi connectivity index (χ2n) is 5.19. The molecule has 7 nitrogen and oxygen atoms in total. The largest absolute Gasteiger partial charge is 0.495 e. The molecule has 0 bridgehead atoms. The Bertz CT molecular complexity index is 1020. The number of rotatable bonds is 5. The van der Waals surface area contributed by atoms with Gasteiger partial charge in [0, 0.05) is 10.0 Å². The first-order valence-corrected chi connectivity index (χ1v) is 9.53. The number of ether oxygens (including phenoxy) is 1. The van der Waals surface area contributed by atoms with Crippen molar-refractivity contribution in [3.05, 3.63) is 52.8 Å². The highest BCUT2D eigenvalue weighted by Crippen LogP contribution is 2.31. The zero-order chi connectivity index (χ0) is 18.0. The Morgan fingerprint density at radius 2 is 1.96 bits per heavy atom. The lowest BCUT2D eigenvalue weighted by Crippen LogP contribution is -2.15. The molecule has 0 radical (unpaired) electrons. The monoisotopic (exact) mass is 422 g/mol. The molecule has 3 aromatic rings. The maximum absolute atomic E-state index is 12.9. The highest BCUT2D eigenvalue weighted by Gasteiger charge is 2.22. The number of aromatic amines is 1. The van der Waals surface area contributed by atoms with Crippen LogP contribution in [-0.4, -0.2) is 30.7 Å². The lowest BCUT2D eigenvalue weighted by Gasteiger charge is -2.13. The number of aryl methyl sites for hydroxylation is 1. The molecule has 0 aliphatic carbocycles. The average molecular weight is 423 g/mol. The zero-order valence-electron chi connectivity index (χ0n) is 13.4. The molecule has 0 atom stereocenters. The molecule has 0 saturated heterocycles. The third-order valence-corrected chi connectivity index (χ3v) is 5.30. The van der Waals surface area contributed by atoms with Crippen molar-refractivity contribution in [2.24, 2.45) is 0 Å². The summed E-state index contributed by atoms with van der Waals surface area (Å²) in [4.78, 5) is 4.29. The number of hydrogen-bond acceptors (Lipinski definition) is 5. The molecule has 130 valence electrons. The third kappa shape index (κ3) is 3.67. The molecular formula is C16H15BrN4O3S. The van der Waals surface area contributed by atoms with Crippen LogP contribution in [0.1, 0.15) is 5.82 Å². The molecule has 0 spiro atoms. The Hall–Kier alpha value is -2.39. The summed E-state index contributed by atoms with van der Waals surface area (Å²) in [5.74, 6) is 1.31. The fourth-order valence-corrected chi connectivity index (χ4v) is 4.08. The highest BCUT2D eigenvalue weighted by atomic mass is 79.9. The molecule has 3 rings (SSSR count). The number of H-pyrrole nitrogens is 1. The van der Waals surface area contributed by atoms with Gasteiger partial charge in [0.25, 0.3) is 10.0 Å².